The lowest BCUT2D eigenvalue weighted by Gasteiger charge is -2.07. The van der Waals surface area contributed by atoms with Crippen LogP contribution in [0, 0.1) is 11.3 Å². The first-order valence-corrected chi connectivity index (χ1v) is 6.00. The molecule has 2 rings (SSSR count). The monoisotopic (exact) mass is 253 g/mol. The molecule has 0 aliphatic rings. The number of pyridine rings is 1. The molecule has 0 fully saturated rings. The zero-order valence-corrected chi connectivity index (χ0v) is 10.8. The Labute approximate surface area is 112 Å². The number of benzene rings is 1. The average Bonchev–Trinajstić information content (AvgIpc) is 2.48. The molecule has 2 aromatic rings. The fraction of sp³-hybridized carbons (Fsp3) is 0.200. The first kappa shape index (κ1) is 13.1. The highest BCUT2D eigenvalue weighted by atomic mass is 16.5. The van der Waals surface area contributed by atoms with E-state index >= 15 is 0 Å². The van der Waals surface area contributed by atoms with E-state index in [0.29, 0.717) is 17.9 Å². The number of nitrogens with one attached hydrogen (secondary N) is 1. The van der Waals surface area contributed by atoms with Gasteiger partial charge in [0, 0.05) is 25.5 Å². The molecule has 0 spiro atoms. The van der Waals surface area contributed by atoms with Crippen LogP contribution in [-0.2, 0) is 13.1 Å². The third-order valence-electron chi connectivity index (χ3n) is 2.77. The van der Waals surface area contributed by atoms with Crippen molar-refractivity contribution < 1.29 is 4.74 Å². The van der Waals surface area contributed by atoms with Gasteiger partial charge in [-0.15, -0.1) is 0 Å². The Hall–Kier alpha value is -2.38. The predicted molar refractivity (Wildman–Crippen MR) is 72.5 cm³/mol. The van der Waals surface area contributed by atoms with Gasteiger partial charge in [0.2, 0.25) is 0 Å². The first-order valence-electron chi connectivity index (χ1n) is 6.00. The normalized spacial score (nSPS) is 9.89. The largest absolute Gasteiger partial charge is 0.495 e. The zero-order valence-electron chi connectivity index (χ0n) is 10.8. The standard InChI is InChI=1S/C15H15N3O/c1-19-15-5-4-12(7-14(15)8-16)9-18-11-13-3-2-6-17-10-13/h2-7,10,18H,9,11H2,1H3. The summed E-state index contributed by atoms with van der Waals surface area (Å²) in [5.41, 5.74) is 2.75. The Balaban J connectivity index is 1.95. The van der Waals surface area contributed by atoms with Crippen molar-refractivity contribution in [3.63, 3.8) is 0 Å². The molecule has 19 heavy (non-hydrogen) atoms. The van der Waals surface area contributed by atoms with E-state index in [1.54, 1.807) is 13.3 Å². The molecule has 0 bridgehead atoms. The van der Waals surface area contributed by atoms with E-state index in [2.05, 4.69) is 16.4 Å². The van der Waals surface area contributed by atoms with Gasteiger partial charge in [-0.3, -0.25) is 4.98 Å². The van der Waals surface area contributed by atoms with Gasteiger partial charge in [0.25, 0.3) is 0 Å². The van der Waals surface area contributed by atoms with Gasteiger partial charge < -0.3 is 10.1 Å². The molecule has 1 heterocycles. The summed E-state index contributed by atoms with van der Waals surface area (Å²) in [5.74, 6) is 0.610. The zero-order chi connectivity index (χ0) is 13.5. The topological polar surface area (TPSA) is 57.9 Å². The highest BCUT2D eigenvalue weighted by Crippen LogP contribution is 2.18. The maximum atomic E-state index is 9.02. The molecule has 0 unspecified atom stereocenters. The third-order valence-corrected chi connectivity index (χ3v) is 2.77. The summed E-state index contributed by atoms with van der Waals surface area (Å²) in [5, 5.41) is 12.3. The molecule has 0 aliphatic heterocycles. The molecule has 1 aromatic carbocycles. The molecule has 4 nitrogen and oxygen atoms in total. The minimum absolute atomic E-state index is 0.558. The lowest BCUT2D eigenvalue weighted by Crippen LogP contribution is -2.12. The molecule has 4 heteroatoms. The lowest BCUT2D eigenvalue weighted by atomic mass is 10.1. The van der Waals surface area contributed by atoms with Crippen LogP contribution in [0.2, 0.25) is 0 Å². The van der Waals surface area contributed by atoms with Crippen LogP contribution < -0.4 is 10.1 Å². The van der Waals surface area contributed by atoms with Gasteiger partial charge in [-0.05, 0) is 29.3 Å². The van der Waals surface area contributed by atoms with E-state index in [9.17, 15) is 0 Å². The second-order valence-electron chi connectivity index (χ2n) is 4.11. The Morgan fingerprint density at radius 1 is 1.26 bits per heavy atom. The number of rotatable bonds is 5. The number of nitrogens with zero attached hydrogens (tertiary/aromatic N) is 2. The van der Waals surface area contributed by atoms with Crippen LogP contribution in [0.15, 0.2) is 42.7 Å². The molecule has 0 atom stereocenters. The van der Waals surface area contributed by atoms with Gasteiger partial charge in [0.05, 0.1) is 12.7 Å². The van der Waals surface area contributed by atoms with E-state index in [1.807, 2.05) is 36.5 Å². The van der Waals surface area contributed by atoms with Gasteiger partial charge >= 0.3 is 0 Å². The van der Waals surface area contributed by atoms with Gasteiger partial charge in [-0.2, -0.15) is 5.26 Å². The SMILES string of the molecule is COc1ccc(CNCc2cccnc2)cc1C#N. The van der Waals surface area contributed by atoms with Crippen LogP contribution in [0.5, 0.6) is 5.75 Å². The van der Waals surface area contributed by atoms with Crippen LogP contribution >= 0.6 is 0 Å². The minimum atomic E-state index is 0.558. The minimum Gasteiger partial charge on any atom is -0.495 e. The number of hydrogen-bond acceptors (Lipinski definition) is 4. The summed E-state index contributed by atoms with van der Waals surface area (Å²) in [4.78, 5) is 4.06. The molecule has 1 N–H and O–H groups in total. The second-order valence-corrected chi connectivity index (χ2v) is 4.11. The third kappa shape index (κ3) is 3.54. The Kier molecular flexibility index (Phi) is 4.49. The molecule has 96 valence electrons. The van der Waals surface area contributed by atoms with Crippen molar-refractivity contribution in [3.05, 3.63) is 59.4 Å². The quantitative estimate of drug-likeness (QED) is 0.888. The average molecular weight is 253 g/mol. The van der Waals surface area contributed by atoms with Gasteiger partial charge in [-0.25, -0.2) is 0 Å². The molecular weight excluding hydrogens is 238 g/mol. The van der Waals surface area contributed by atoms with E-state index in [0.717, 1.165) is 17.7 Å². The van der Waals surface area contributed by atoms with E-state index in [4.69, 9.17) is 10.00 Å². The number of aromatic nitrogens is 1. The number of methoxy groups -OCH3 is 1. The Morgan fingerprint density at radius 2 is 2.11 bits per heavy atom. The smallest absolute Gasteiger partial charge is 0.136 e. The first-order chi connectivity index (χ1) is 9.33. The number of hydrogen-bond donors (Lipinski definition) is 1. The highest BCUT2D eigenvalue weighted by molar-refractivity contribution is 5.45. The van der Waals surface area contributed by atoms with Crippen molar-refractivity contribution in [3.8, 4) is 11.8 Å². The van der Waals surface area contributed by atoms with Gasteiger partial charge in [0.1, 0.15) is 11.8 Å². The van der Waals surface area contributed by atoms with Crippen molar-refractivity contribution in [2.24, 2.45) is 0 Å². The van der Waals surface area contributed by atoms with Gasteiger partial charge in [0.15, 0.2) is 0 Å². The summed E-state index contributed by atoms with van der Waals surface area (Å²) in [7, 11) is 1.57. The van der Waals surface area contributed by atoms with Crippen LogP contribution in [0.4, 0.5) is 0 Å². The second kappa shape index (κ2) is 6.53. The van der Waals surface area contributed by atoms with Crippen LogP contribution in [0.1, 0.15) is 16.7 Å². The molecule has 0 amide bonds. The summed E-state index contributed by atoms with van der Waals surface area (Å²) < 4.78 is 5.11. The maximum Gasteiger partial charge on any atom is 0.136 e. The Morgan fingerprint density at radius 3 is 2.79 bits per heavy atom. The van der Waals surface area contributed by atoms with E-state index < -0.39 is 0 Å². The highest BCUT2D eigenvalue weighted by Gasteiger charge is 2.03. The van der Waals surface area contributed by atoms with Crippen molar-refractivity contribution in [2.75, 3.05) is 7.11 Å². The fourth-order valence-electron chi connectivity index (χ4n) is 1.81. The van der Waals surface area contributed by atoms with Crippen LogP contribution in [0.25, 0.3) is 0 Å². The molecule has 0 saturated heterocycles. The van der Waals surface area contributed by atoms with E-state index in [1.165, 1.54) is 0 Å². The molecule has 0 aliphatic carbocycles. The van der Waals surface area contributed by atoms with Crippen LogP contribution in [0.3, 0.4) is 0 Å². The summed E-state index contributed by atoms with van der Waals surface area (Å²) in [6.45, 7) is 1.45. The summed E-state index contributed by atoms with van der Waals surface area (Å²) in [6, 6.07) is 11.7. The van der Waals surface area contributed by atoms with Crippen molar-refractivity contribution in [1.29, 1.82) is 5.26 Å². The fourth-order valence-corrected chi connectivity index (χ4v) is 1.81. The number of ether oxygens (including phenoxy) is 1. The van der Waals surface area contributed by atoms with Crippen molar-refractivity contribution >= 4 is 0 Å². The van der Waals surface area contributed by atoms with Gasteiger partial charge in [-0.1, -0.05) is 12.1 Å². The molecule has 0 radical (unpaired) electrons. The van der Waals surface area contributed by atoms with E-state index in [-0.39, 0.29) is 0 Å². The Bertz CT molecular complexity index is 576. The lowest BCUT2D eigenvalue weighted by molar-refractivity contribution is 0.413. The predicted octanol–water partition coefficient (Wildman–Crippen LogP) is 2.25. The van der Waals surface area contributed by atoms with Crippen molar-refractivity contribution in [1.82, 2.24) is 10.3 Å². The summed E-state index contributed by atoms with van der Waals surface area (Å²) >= 11 is 0. The van der Waals surface area contributed by atoms with Crippen LogP contribution in [-0.4, -0.2) is 12.1 Å². The summed E-state index contributed by atoms with van der Waals surface area (Å²) in [6.07, 6.45) is 3.59. The maximum absolute atomic E-state index is 9.02. The molecule has 1 aromatic heterocycles. The van der Waals surface area contributed by atoms with Crippen molar-refractivity contribution in [2.45, 2.75) is 13.1 Å². The number of nitriles is 1. The molecular formula is C15H15N3O. The molecule has 0 saturated carbocycles.